The molecular formula is C18H25NO5. The number of rotatable bonds is 8. The Morgan fingerprint density at radius 1 is 1.21 bits per heavy atom. The number of carbonyl (C=O) groups is 2. The predicted molar refractivity (Wildman–Crippen MR) is 89.3 cm³/mol. The fraction of sp³-hybridized carbons (Fsp3) is 0.556. The van der Waals surface area contributed by atoms with Gasteiger partial charge < -0.3 is 19.9 Å². The maximum Gasteiger partial charge on any atom is 0.329 e. The number of amides is 1. The highest BCUT2D eigenvalue weighted by atomic mass is 16.5. The second-order valence-electron chi connectivity index (χ2n) is 6.12. The first-order valence-electron chi connectivity index (χ1n) is 8.35. The normalized spacial score (nSPS) is 16.4. The summed E-state index contributed by atoms with van der Waals surface area (Å²) in [6.07, 6.45) is 4.35. The van der Waals surface area contributed by atoms with Gasteiger partial charge in [-0.05, 0) is 31.0 Å². The Labute approximate surface area is 142 Å². The highest BCUT2D eigenvalue weighted by Gasteiger charge is 2.41. The summed E-state index contributed by atoms with van der Waals surface area (Å²) in [5.41, 5.74) is -0.740. The van der Waals surface area contributed by atoms with E-state index in [1.54, 1.807) is 31.4 Å². The van der Waals surface area contributed by atoms with Crippen molar-refractivity contribution in [3.05, 3.63) is 29.8 Å². The van der Waals surface area contributed by atoms with Crippen LogP contribution in [0.5, 0.6) is 5.75 Å². The van der Waals surface area contributed by atoms with Crippen LogP contribution in [0.25, 0.3) is 0 Å². The molecule has 0 saturated heterocycles. The summed E-state index contributed by atoms with van der Waals surface area (Å²) < 4.78 is 10.5. The van der Waals surface area contributed by atoms with Crippen LogP contribution in [0.15, 0.2) is 24.3 Å². The predicted octanol–water partition coefficient (Wildman–Crippen LogP) is 2.62. The molecule has 6 nitrogen and oxygen atoms in total. The van der Waals surface area contributed by atoms with Gasteiger partial charge in [0.15, 0.2) is 0 Å². The topological polar surface area (TPSA) is 84.9 Å². The van der Waals surface area contributed by atoms with Crippen LogP contribution in [0, 0.1) is 0 Å². The maximum atomic E-state index is 12.5. The first-order chi connectivity index (χ1) is 11.6. The summed E-state index contributed by atoms with van der Waals surface area (Å²) in [7, 11) is 1.63. The second kappa shape index (κ2) is 8.68. The molecule has 0 radical (unpaired) electrons. The van der Waals surface area contributed by atoms with Gasteiger partial charge in [-0.2, -0.15) is 0 Å². The number of nitrogens with one attached hydrogen (secondary N) is 1. The minimum Gasteiger partial charge on any atom is -0.493 e. The molecule has 132 valence electrons. The van der Waals surface area contributed by atoms with Crippen LogP contribution in [0.3, 0.4) is 0 Å². The number of carboxylic acids is 1. The van der Waals surface area contributed by atoms with Crippen molar-refractivity contribution in [3.8, 4) is 5.75 Å². The molecule has 1 aliphatic rings. The van der Waals surface area contributed by atoms with E-state index < -0.39 is 11.5 Å². The monoisotopic (exact) mass is 335 g/mol. The average molecular weight is 335 g/mol. The molecule has 24 heavy (non-hydrogen) atoms. The third kappa shape index (κ3) is 4.71. The van der Waals surface area contributed by atoms with Crippen molar-refractivity contribution in [2.45, 2.75) is 44.1 Å². The summed E-state index contributed by atoms with van der Waals surface area (Å²) in [5, 5.41) is 12.3. The van der Waals surface area contributed by atoms with Crippen LogP contribution in [-0.4, -0.2) is 42.8 Å². The lowest BCUT2D eigenvalue weighted by atomic mass is 9.81. The molecule has 2 rings (SSSR count). The lowest BCUT2D eigenvalue weighted by Crippen LogP contribution is -2.55. The molecular weight excluding hydrogens is 310 g/mol. The molecule has 2 N–H and O–H groups in total. The van der Waals surface area contributed by atoms with E-state index in [0.29, 0.717) is 37.4 Å². The molecule has 0 atom stereocenters. The van der Waals surface area contributed by atoms with Crippen molar-refractivity contribution in [2.24, 2.45) is 0 Å². The molecule has 0 spiro atoms. The van der Waals surface area contributed by atoms with E-state index in [1.165, 1.54) is 0 Å². The number of ether oxygens (including phenoxy) is 2. The minimum atomic E-state index is -1.15. The van der Waals surface area contributed by atoms with E-state index in [9.17, 15) is 14.7 Å². The molecule has 1 saturated carbocycles. The van der Waals surface area contributed by atoms with Gasteiger partial charge in [0, 0.05) is 25.7 Å². The average Bonchev–Trinajstić information content (AvgIpc) is 2.60. The van der Waals surface area contributed by atoms with E-state index in [4.69, 9.17) is 9.47 Å². The molecule has 1 amide bonds. The molecule has 0 unspecified atom stereocenters. The molecule has 0 bridgehead atoms. The molecule has 1 fully saturated rings. The number of hydrogen-bond acceptors (Lipinski definition) is 4. The Bertz CT molecular complexity index is 566. The molecule has 1 aliphatic carbocycles. The SMILES string of the molecule is COCCCOc1cccc(C(=O)NC2(C(=O)O)CCCCC2)c1. The number of carboxylic acid groups (broad SMARTS) is 1. The Hall–Kier alpha value is -2.08. The largest absolute Gasteiger partial charge is 0.493 e. The minimum absolute atomic E-state index is 0.373. The van der Waals surface area contributed by atoms with Crippen LogP contribution in [-0.2, 0) is 9.53 Å². The lowest BCUT2D eigenvalue weighted by molar-refractivity contribution is -0.145. The van der Waals surface area contributed by atoms with Crippen LogP contribution < -0.4 is 10.1 Å². The van der Waals surface area contributed by atoms with Crippen molar-refractivity contribution < 1.29 is 24.2 Å². The van der Waals surface area contributed by atoms with Gasteiger partial charge >= 0.3 is 5.97 Å². The number of methoxy groups -OCH3 is 1. The van der Waals surface area contributed by atoms with Gasteiger partial charge in [-0.3, -0.25) is 4.79 Å². The first-order valence-corrected chi connectivity index (χ1v) is 8.35. The highest BCUT2D eigenvalue weighted by Crippen LogP contribution is 2.29. The zero-order chi connectivity index (χ0) is 17.4. The molecule has 0 aromatic heterocycles. The Morgan fingerprint density at radius 3 is 2.62 bits per heavy atom. The van der Waals surface area contributed by atoms with E-state index >= 15 is 0 Å². The quantitative estimate of drug-likeness (QED) is 0.713. The number of hydrogen-bond donors (Lipinski definition) is 2. The van der Waals surface area contributed by atoms with Crippen molar-refractivity contribution in [3.63, 3.8) is 0 Å². The zero-order valence-corrected chi connectivity index (χ0v) is 14.0. The zero-order valence-electron chi connectivity index (χ0n) is 14.0. The summed E-state index contributed by atoms with van der Waals surface area (Å²) in [6.45, 7) is 1.11. The van der Waals surface area contributed by atoms with Crippen molar-refractivity contribution >= 4 is 11.9 Å². The van der Waals surface area contributed by atoms with Gasteiger partial charge in [-0.15, -0.1) is 0 Å². The molecule has 1 aromatic carbocycles. The summed E-state index contributed by atoms with van der Waals surface area (Å²) in [5.74, 6) is -0.740. The van der Waals surface area contributed by atoms with Crippen molar-refractivity contribution in [1.82, 2.24) is 5.32 Å². The summed E-state index contributed by atoms with van der Waals surface area (Å²) in [6, 6.07) is 6.81. The fourth-order valence-corrected chi connectivity index (χ4v) is 2.96. The summed E-state index contributed by atoms with van der Waals surface area (Å²) in [4.78, 5) is 24.2. The molecule has 6 heteroatoms. The van der Waals surface area contributed by atoms with Crippen LogP contribution in [0.2, 0.25) is 0 Å². The standard InChI is InChI=1S/C18H25NO5/c1-23-11-6-12-24-15-8-5-7-14(13-15)16(20)19-18(17(21)22)9-3-2-4-10-18/h5,7-8,13H,2-4,6,9-12H2,1H3,(H,19,20)(H,21,22). The fourth-order valence-electron chi connectivity index (χ4n) is 2.96. The van der Waals surface area contributed by atoms with E-state index in [-0.39, 0.29) is 5.91 Å². The molecule has 0 heterocycles. The maximum absolute atomic E-state index is 12.5. The lowest BCUT2D eigenvalue weighted by Gasteiger charge is -2.34. The molecule has 1 aromatic rings. The second-order valence-corrected chi connectivity index (χ2v) is 6.12. The van der Waals surface area contributed by atoms with E-state index in [1.807, 2.05) is 0 Å². The number of aliphatic carboxylic acids is 1. The summed E-state index contributed by atoms with van der Waals surface area (Å²) >= 11 is 0. The third-order valence-corrected chi connectivity index (χ3v) is 4.33. The van der Waals surface area contributed by atoms with Gasteiger partial charge in [0.2, 0.25) is 0 Å². The first kappa shape index (κ1) is 18.3. The van der Waals surface area contributed by atoms with Gasteiger partial charge in [-0.1, -0.05) is 25.3 Å². The smallest absolute Gasteiger partial charge is 0.329 e. The highest BCUT2D eigenvalue weighted by molar-refractivity contribution is 5.98. The van der Waals surface area contributed by atoms with Crippen LogP contribution in [0.4, 0.5) is 0 Å². The van der Waals surface area contributed by atoms with Gasteiger partial charge in [0.1, 0.15) is 11.3 Å². The van der Waals surface area contributed by atoms with Crippen molar-refractivity contribution in [1.29, 1.82) is 0 Å². The van der Waals surface area contributed by atoms with Gasteiger partial charge in [0.25, 0.3) is 5.91 Å². The molecule has 0 aliphatic heterocycles. The number of benzene rings is 1. The number of carbonyl (C=O) groups excluding carboxylic acids is 1. The van der Waals surface area contributed by atoms with E-state index in [0.717, 1.165) is 25.7 Å². The van der Waals surface area contributed by atoms with E-state index in [2.05, 4.69) is 5.32 Å². The van der Waals surface area contributed by atoms with Gasteiger partial charge in [0.05, 0.1) is 6.61 Å². The Balaban J connectivity index is 2.02. The van der Waals surface area contributed by atoms with Crippen molar-refractivity contribution in [2.75, 3.05) is 20.3 Å². The third-order valence-electron chi connectivity index (χ3n) is 4.33. The van der Waals surface area contributed by atoms with Gasteiger partial charge in [-0.25, -0.2) is 4.79 Å². The van der Waals surface area contributed by atoms with Crippen LogP contribution >= 0.6 is 0 Å². The van der Waals surface area contributed by atoms with Crippen LogP contribution in [0.1, 0.15) is 48.9 Å². The Kier molecular flexibility index (Phi) is 6.61. The Morgan fingerprint density at radius 2 is 1.96 bits per heavy atom.